The highest BCUT2D eigenvalue weighted by molar-refractivity contribution is 14.0. The van der Waals surface area contributed by atoms with Crippen LogP contribution in [-0.2, 0) is 9.53 Å². The van der Waals surface area contributed by atoms with Crippen molar-refractivity contribution in [2.45, 2.75) is 64.6 Å². The van der Waals surface area contributed by atoms with Crippen LogP contribution in [0.25, 0.3) is 0 Å². The van der Waals surface area contributed by atoms with Crippen molar-refractivity contribution in [2.75, 3.05) is 27.2 Å². The number of hydrogen-bond donors (Lipinski definition) is 2. The Labute approximate surface area is 163 Å². The summed E-state index contributed by atoms with van der Waals surface area (Å²) in [4.78, 5) is 17.8. The Morgan fingerprint density at radius 2 is 1.79 bits per heavy atom. The summed E-state index contributed by atoms with van der Waals surface area (Å²) in [5.74, 6) is 0.781. The summed E-state index contributed by atoms with van der Waals surface area (Å²) in [7, 11) is 3.51. The summed E-state index contributed by atoms with van der Waals surface area (Å²) in [6.45, 7) is 7.60. The molecule has 2 atom stereocenters. The Balaban J connectivity index is 0.00000288. The summed E-state index contributed by atoms with van der Waals surface area (Å²) in [5.41, 5.74) is 0.141. The van der Waals surface area contributed by atoms with Crippen molar-refractivity contribution < 1.29 is 9.53 Å². The Morgan fingerprint density at radius 3 is 2.33 bits per heavy atom. The van der Waals surface area contributed by atoms with Crippen LogP contribution in [0.2, 0.25) is 0 Å². The minimum Gasteiger partial charge on any atom is -0.378 e. The second-order valence-electron chi connectivity index (χ2n) is 7.96. The predicted octanol–water partition coefficient (Wildman–Crippen LogP) is 1.98. The molecule has 140 valence electrons. The monoisotopic (exact) mass is 452 g/mol. The van der Waals surface area contributed by atoms with E-state index in [2.05, 4.69) is 36.4 Å². The molecule has 0 aromatic heterocycles. The maximum Gasteiger partial charge on any atom is 0.243 e. The second kappa shape index (κ2) is 9.22. The highest BCUT2D eigenvalue weighted by atomic mass is 127. The number of carbonyl (C=O) groups is 1. The number of halogens is 1. The number of aliphatic imine (C=N–C) groups is 1. The van der Waals surface area contributed by atoms with Crippen LogP contribution < -0.4 is 10.6 Å². The molecule has 1 amide bonds. The SMILES string of the molecule is CN(C)C(=O)CN=C(NC1CC1)NC1CCOC(C(C)(C)C)C1.I. The van der Waals surface area contributed by atoms with Crippen molar-refractivity contribution in [3.63, 3.8) is 0 Å². The summed E-state index contributed by atoms with van der Waals surface area (Å²) in [5, 5.41) is 6.93. The largest absolute Gasteiger partial charge is 0.378 e. The molecule has 0 aromatic carbocycles. The average Bonchev–Trinajstić information content (AvgIpc) is 3.27. The average molecular weight is 452 g/mol. The van der Waals surface area contributed by atoms with E-state index < -0.39 is 0 Å². The summed E-state index contributed by atoms with van der Waals surface area (Å²) < 4.78 is 5.92. The minimum atomic E-state index is 0. The first kappa shape index (κ1) is 21.5. The van der Waals surface area contributed by atoms with Crippen molar-refractivity contribution >= 4 is 35.8 Å². The number of likely N-dealkylation sites (N-methyl/N-ethyl adjacent to an activating group) is 1. The first-order chi connectivity index (χ1) is 10.8. The normalized spacial score (nSPS) is 24.8. The molecular weight excluding hydrogens is 419 g/mol. The third-order valence-electron chi connectivity index (χ3n) is 4.38. The number of nitrogens with one attached hydrogen (secondary N) is 2. The highest BCUT2D eigenvalue weighted by Crippen LogP contribution is 2.29. The molecule has 1 aliphatic heterocycles. The fourth-order valence-corrected chi connectivity index (χ4v) is 2.57. The van der Waals surface area contributed by atoms with Crippen LogP contribution in [0.15, 0.2) is 4.99 Å². The molecule has 2 fully saturated rings. The molecule has 2 unspecified atom stereocenters. The van der Waals surface area contributed by atoms with Gasteiger partial charge in [0.2, 0.25) is 5.91 Å². The van der Waals surface area contributed by atoms with Gasteiger partial charge in [-0.1, -0.05) is 20.8 Å². The molecule has 0 bridgehead atoms. The topological polar surface area (TPSA) is 66.0 Å². The molecule has 0 spiro atoms. The van der Waals surface area contributed by atoms with Gasteiger partial charge in [-0.2, -0.15) is 0 Å². The van der Waals surface area contributed by atoms with E-state index in [4.69, 9.17) is 4.74 Å². The van der Waals surface area contributed by atoms with Gasteiger partial charge >= 0.3 is 0 Å². The van der Waals surface area contributed by atoms with E-state index in [9.17, 15) is 4.79 Å². The van der Waals surface area contributed by atoms with Gasteiger partial charge in [-0.3, -0.25) is 4.79 Å². The number of ether oxygens (including phenoxy) is 1. The van der Waals surface area contributed by atoms with Crippen molar-refractivity contribution in [1.82, 2.24) is 15.5 Å². The van der Waals surface area contributed by atoms with E-state index in [1.165, 1.54) is 12.8 Å². The van der Waals surface area contributed by atoms with Gasteiger partial charge in [0.25, 0.3) is 0 Å². The van der Waals surface area contributed by atoms with Gasteiger partial charge in [0.1, 0.15) is 6.54 Å². The standard InChI is InChI=1S/C17H32N4O2.HI/c1-17(2,3)14-10-13(8-9-23-14)20-16(19-12-6-7-12)18-11-15(22)21(4)5;/h12-14H,6-11H2,1-5H3,(H2,18,19,20);1H. The van der Waals surface area contributed by atoms with Crippen molar-refractivity contribution in [3.8, 4) is 0 Å². The van der Waals surface area contributed by atoms with Crippen molar-refractivity contribution in [2.24, 2.45) is 10.4 Å². The van der Waals surface area contributed by atoms with E-state index in [0.29, 0.717) is 12.1 Å². The molecule has 7 heteroatoms. The maximum absolute atomic E-state index is 11.8. The Morgan fingerprint density at radius 1 is 1.17 bits per heavy atom. The zero-order valence-electron chi connectivity index (χ0n) is 15.6. The van der Waals surface area contributed by atoms with E-state index >= 15 is 0 Å². The number of rotatable bonds is 4. The number of hydrogen-bond acceptors (Lipinski definition) is 3. The first-order valence-electron chi connectivity index (χ1n) is 8.65. The van der Waals surface area contributed by atoms with Gasteiger partial charge in [0.15, 0.2) is 5.96 Å². The van der Waals surface area contributed by atoms with E-state index in [1.807, 2.05) is 0 Å². The molecule has 0 radical (unpaired) electrons. The predicted molar refractivity (Wildman–Crippen MR) is 108 cm³/mol. The lowest BCUT2D eigenvalue weighted by Gasteiger charge is -2.38. The van der Waals surface area contributed by atoms with Crippen molar-refractivity contribution in [1.29, 1.82) is 0 Å². The molecular formula is C17H33IN4O2. The molecule has 1 saturated heterocycles. The molecule has 2 aliphatic rings. The van der Waals surface area contributed by atoms with Crippen LogP contribution in [0.4, 0.5) is 0 Å². The Bertz CT molecular complexity index is 444. The van der Waals surface area contributed by atoms with Gasteiger partial charge in [-0.15, -0.1) is 24.0 Å². The number of carbonyl (C=O) groups excluding carboxylic acids is 1. The quantitative estimate of drug-likeness (QED) is 0.389. The number of amides is 1. The molecule has 1 heterocycles. The van der Waals surface area contributed by atoms with Crippen LogP contribution in [0.1, 0.15) is 46.5 Å². The summed E-state index contributed by atoms with van der Waals surface area (Å²) in [6.07, 6.45) is 4.55. The fraction of sp³-hybridized carbons (Fsp3) is 0.882. The summed E-state index contributed by atoms with van der Waals surface area (Å²) in [6, 6.07) is 0.849. The van der Waals surface area contributed by atoms with E-state index in [0.717, 1.165) is 25.4 Å². The molecule has 2 N–H and O–H groups in total. The smallest absolute Gasteiger partial charge is 0.243 e. The Kier molecular flexibility index (Phi) is 8.25. The second-order valence-corrected chi connectivity index (χ2v) is 7.96. The van der Waals surface area contributed by atoms with Crippen LogP contribution in [0.3, 0.4) is 0 Å². The van der Waals surface area contributed by atoms with Crippen molar-refractivity contribution in [3.05, 3.63) is 0 Å². The highest BCUT2D eigenvalue weighted by Gasteiger charge is 2.32. The summed E-state index contributed by atoms with van der Waals surface area (Å²) >= 11 is 0. The van der Waals surface area contributed by atoms with E-state index in [-0.39, 0.29) is 47.9 Å². The zero-order valence-corrected chi connectivity index (χ0v) is 17.9. The van der Waals surface area contributed by atoms with Crippen LogP contribution in [0.5, 0.6) is 0 Å². The molecule has 2 rings (SSSR count). The molecule has 0 aromatic rings. The van der Waals surface area contributed by atoms with Crippen LogP contribution in [0, 0.1) is 5.41 Å². The lowest BCUT2D eigenvalue weighted by Crippen LogP contribution is -2.50. The molecule has 6 nitrogen and oxygen atoms in total. The van der Waals surface area contributed by atoms with Crippen LogP contribution in [-0.4, -0.2) is 62.2 Å². The maximum atomic E-state index is 11.8. The molecule has 1 aliphatic carbocycles. The minimum absolute atomic E-state index is 0. The zero-order chi connectivity index (χ0) is 17.0. The third-order valence-corrected chi connectivity index (χ3v) is 4.38. The lowest BCUT2D eigenvalue weighted by molar-refractivity contribution is -0.127. The third kappa shape index (κ3) is 7.13. The first-order valence-corrected chi connectivity index (χ1v) is 8.65. The number of nitrogens with zero attached hydrogens (tertiary/aromatic N) is 2. The van der Waals surface area contributed by atoms with Crippen LogP contribution >= 0.6 is 24.0 Å². The van der Waals surface area contributed by atoms with Gasteiger partial charge in [-0.25, -0.2) is 4.99 Å². The number of guanidine groups is 1. The van der Waals surface area contributed by atoms with Gasteiger partial charge in [0.05, 0.1) is 6.10 Å². The van der Waals surface area contributed by atoms with E-state index in [1.54, 1.807) is 19.0 Å². The van der Waals surface area contributed by atoms with Gasteiger partial charge < -0.3 is 20.3 Å². The Hall–Kier alpha value is -0.570. The molecule has 24 heavy (non-hydrogen) atoms. The molecule has 1 saturated carbocycles. The van der Waals surface area contributed by atoms with Gasteiger partial charge in [-0.05, 0) is 31.1 Å². The van der Waals surface area contributed by atoms with Gasteiger partial charge in [0, 0.05) is 32.8 Å². The lowest BCUT2D eigenvalue weighted by atomic mass is 9.83. The fourth-order valence-electron chi connectivity index (χ4n) is 2.57.